The Kier molecular flexibility index (Phi) is 4.12. The van der Waals surface area contributed by atoms with Crippen LogP contribution in [0.2, 0.25) is 0 Å². The van der Waals surface area contributed by atoms with Crippen LogP contribution in [0.25, 0.3) is 11.1 Å². The maximum atomic E-state index is 12.8. The first-order chi connectivity index (χ1) is 12.7. The molecule has 2 aromatic carbocycles. The molecule has 1 saturated heterocycles. The quantitative estimate of drug-likeness (QED) is 0.762. The summed E-state index contributed by atoms with van der Waals surface area (Å²) in [7, 11) is 0. The zero-order valence-electron chi connectivity index (χ0n) is 14.0. The van der Waals surface area contributed by atoms with Gasteiger partial charge in [0.2, 0.25) is 5.91 Å². The highest BCUT2D eigenvalue weighted by molar-refractivity contribution is 6.01. The molecule has 0 saturated carbocycles. The van der Waals surface area contributed by atoms with Gasteiger partial charge in [0.15, 0.2) is 0 Å². The van der Waals surface area contributed by atoms with Crippen molar-refractivity contribution in [3.8, 4) is 17.2 Å². The Labute approximate surface area is 151 Å². The Morgan fingerprint density at radius 1 is 1.19 bits per heavy atom. The van der Waals surface area contributed by atoms with E-state index in [4.69, 9.17) is 5.26 Å². The van der Waals surface area contributed by atoms with Crippen molar-refractivity contribution in [1.82, 2.24) is 10.2 Å². The SMILES string of the molecule is N#Cc1cccc(NC2CCN(c3ccc(-c4cn[nH]c4)cc3)C2=O)c1. The molecule has 1 aliphatic rings. The van der Waals surface area contributed by atoms with E-state index in [-0.39, 0.29) is 11.9 Å². The van der Waals surface area contributed by atoms with Gasteiger partial charge in [-0.05, 0) is 42.3 Å². The van der Waals surface area contributed by atoms with Crippen LogP contribution in [0.15, 0.2) is 60.9 Å². The third-order valence-electron chi connectivity index (χ3n) is 4.55. The van der Waals surface area contributed by atoms with Crippen LogP contribution in [0.4, 0.5) is 11.4 Å². The van der Waals surface area contributed by atoms with E-state index in [1.54, 1.807) is 23.2 Å². The Hall–Kier alpha value is -3.59. The van der Waals surface area contributed by atoms with Gasteiger partial charge in [0.25, 0.3) is 0 Å². The maximum Gasteiger partial charge on any atom is 0.249 e. The molecule has 2 N–H and O–H groups in total. The van der Waals surface area contributed by atoms with Crippen molar-refractivity contribution in [1.29, 1.82) is 5.26 Å². The first-order valence-electron chi connectivity index (χ1n) is 8.42. The number of H-pyrrole nitrogens is 1. The molecular weight excluding hydrogens is 326 g/mol. The number of nitrogens with zero attached hydrogens (tertiary/aromatic N) is 3. The Balaban J connectivity index is 1.47. The van der Waals surface area contributed by atoms with Gasteiger partial charge in [-0.15, -0.1) is 0 Å². The summed E-state index contributed by atoms with van der Waals surface area (Å²) in [6, 6.07) is 16.9. The Bertz CT molecular complexity index is 957. The molecule has 1 aliphatic heterocycles. The van der Waals surface area contributed by atoms with Gasteiger partial charge in [0.05, 0.1) is 17.8 Å². The van der Waals surface area contributed by atoms with E-state index in [9.17, 15) is 4.79 Å². The molecule has 26 heavy (non-hydrogen) atoms. The maximum absolute atomic E-state index is 12.8. The first kappa shape index (κ1) is 15.9. The van der Waals surface area contributed by atoms with Crippen LogP contribution in [-0.4, -0.2) is 28.7 Å². The largest absolute Gasteiger partial charge is 0.374 e. The highest BCUT2D eigenvalue weighted by atomic mass is 16.2. The molecule has 0 radical (unpaired) electrons. The molecule has 2 heterocycles. The fourth-order valence-electron chi connectivity index (χ4n) is 3.19. The third-order valence-corrected chi connectivity index (χ3v) is 4.55. The number of nitrogens with one attached hydrogen (secondary N) is 2. The molecule has 1 fully saturated rings. The number of nitriles is 1. The van der Waals surface area contributed by atoms with Gasteiger partial charge in [0, 0.05) is 29.7 Å². The van der Waals surface area contributed by atoms with E-state index >= 15 is 0 Å². The first-order valence-corrected chi connectivity index (χ1v) is 8.42. The lowest BCUT2D eigenvalue weighted by atomic mass is 10.1. The third kappa shape index (κ3) is 3.03. The second-order valence-corrected chi connectivity index (χ2v) is 6.20. The molecule has 1 unspecified atom stereocenters. The number of aromatic nitrogens is 2. The zero-order valence-corrected chi connectivity index (χ0v) is 14.0. The van der Waals surface area contributed by atoms with E-state index in [0.29, 0.717) is 12.1 Å². The number of anilines is 2. The predicted octanol–water partition coefficient (Wildman–Crippen LogP) is 3.17. The average Bonchev–Trinajstić information content (AvgIpc) is 3.33. The molecule has 0 spiro atoms. The minimum Gasteiger partial charge on any atom is -0.374 e. The number of hydrogen-bond acceptors (Lipinski definition) is 4. The summed E-state index contributed by atoms with van der Waals surface area (Å²) < 4.78 is 0. The summed E-state index contributed by atoms with van der Waals surface area (Å²) in [6.45, 7) is 0.666. The smallest absolute Gasteiger partial charge is 0.249 e. The fourth-order valence-corrected chi connectivity index (χ4v) is 3.19. The number of benzene rings is 2. The minimum atomic E-state index is -0.280. The normalized spacial score (nSPS) is 16.5. The standard InChI is InChI=1S/C20H17N5O/c21-11-14-2-1-3-17(10-14)24-19-8-9-25(20(19)26)18-6-4-15(5-7-18)16-12-22-23-13-16/h1-7,10,12-13,19,24H,8-9H2,(H,22,23). The van der Waals surface area contributed by atoms with Crippen LogP contribution >= 0.6 is 0 Å². The van der Waals surface area contributed by atoms with Crippen LogP contribution < -0.4 is 10.2 Å². The van der Waals surface area contributed by atoms with Gasteiger partial charge in [-0.25, -0.2) is 0 Å². The van der Waals surface area contributed by atoms with Crippen molar-refractivity contribution in [3.05, 3.63) is 66.5 Å². The van der Waals surface area contributed by atoms with Gasteiger partial charge in [-0.1, -0.05) is 18.2 Å². The Morgan fingerprint density at radius 3 is 2.77 bits per heavy atom. The summed E-state index contributed by atoms with van der Waals surface area (Å²) in [5.41, 5.74) is 4.32. The summed E-state index contributed by atoms with van der Waals surface area (Å²) >= 11 is 0. The number of hydrogen-bond donors (Lipinski definition) is 2. The lowest BCUT2D eigenvalue weighted by molar-refractivity contribution is -0.117. The van der Waals surface area contributed by atoms with Crippen molar-refractivity contribution in [2.24, 2.45) is 0 Å². The summed E-state index contributed by atoms with van der Waals surface area (Å²) in [4.78, 5) is 14.6. The lowest BCUT2D eigenvalue weighted by Gasteiger charge is -2.18. The summed E-state index contributed by atoms with van der Waals surface area (Å²) in [5.74, 6) is 0.0448. The van der Waals surface area contributed by atoms with Crippen LogP contribution in [0.3, 0.4) is 0 Å². The van der Waals surface area contributed by atoms with Gasteiger partial charge in [0.1, 0.15) is 6.04 Å². The molecular formula is C20H17N5O. The van der Waals surface area contributed by atoms with Gasteiger partial charge >= 0.3 is 0 Å². The molecule has 128 valence electrons. The highest BCUT2D eigenvalue weighted by Gasteiger charge is 2.32. The van der Waals surface area contributed by atoms with Crippen LogP contribution in [0.5, 0.6) is 0 Å². The van der Waals surface area contributed by atoms with Crippen LogP contribution in [0, 0.1) is 11.3 Å². The molecule has 1 aromatic heterocycles. The summed E-state index contributed by atoms with van der Waals surface area (Å²) in [6.07, 6.45) is 4.33. The number of carbonyl (C=O) groups excluding carboxylic acids is 1. The van der Waals surface area contributed by atoms with Crippen molar-refractivity contribution in [2.75, 3.05) is 16.8 Å². The van der Waals surface area contributed by atoms with Gasteiger partial charge < -0.3 is 10.2 Å². The number of aromatic amines is 1. The van der Waals surface area contributed by atoms with E-state index in [1.807, 2.05) is 42.6 Å². The molecule has 1 atom stereocenters. The predicted molar refractivity (Wildman–Crippen MR) is 99.6 cm³/mol. The second-order valence-electron chi connectivity index (χ2n) is 6.20. The molecule has 4 rings (SSSR count). The lowest BCUT2D eigenvalue weighted by Crippen LogP contribution is -2.33. The van der Waals surface area contributed by atoms with Crippen molar-refractivity contribution >= 4 is 17.3 Å². The zero-order chi connectivity index (χ0) is 17.9. The molecule has 0 aliphatic carbocycles. The molecule has 1 amide bonds. The number of rotatable bonds is 4. The van der Waals surface area contributed by atoms with Crippen molar-refractivity contribution in [2.45, 2.75) is 12.5 Å². The average molecular weight is 343 g/mol. The molecule has 3 aromatic rings. The number of amides is 1. The van der Waals surface area contributed by atoms with E-state index < -0.39 is 0 Å². The highest BCUT2D eigenvalue weighted by Crippen LogP contribution is 2.27. The fraction of sp³-hybridized carbons (Fsp3) is 0.150. The van der Waals surface area contributed by atoms with Crippen LogP contribution in [0.1, 0.15) is 12.0 Å². The van der Waals surface area contributed by atoms with E-state index in [2.05, 4.69) is 21.6 Å². The molecule has 6 nitrogen and oxygen atoms in total. The topological polar surface area (TPSA) is 84.8 Å². The van der Waals surface area contributed by atoms with Crippen molar-refractivity contribution in [3.63, 3.8) is 0 Å². The number of carbonyl (C=O) groups is 1. The summed E-state index contributed by atoms with van der Waals surface area (Å²) in [5, 5.41) is 19.0. The van der Waals surface area contributed by atoms with E-state index in [0.717, 1.165) is 28.9 Å². The Morgan fingerprint density at radius 2 is 2.04 bits per heavy atom. The molecule has 6 heteroatoms. The second kappa shape index (κ2) is 6.73. The van der Waals surface area contributed by atoms with Crippen molar-refractivity contribution < 1.29 is 4.79 Å². The van der Waals surface area contributed by atoms with Gasteiger partial charge in [-0.2, -0.15) is 10.4 Å². The van der Waals surface area contributed by atoms with Gasteiger partial charge in [-0.3, -0.25) is 9.89 Å². The van der Waals surface area contributed by atoms with Crippen LogP contribution in [-0.2, 0) is 4.79 Å². The van der Waals surface area contributed by atoms with E-state index in [1.165, 1.54) is 0 Å². The minimum absolute atomic E-state index is 0.0448. The monoisotopic (exact) mass is 343 g/mol. The molecule has 0 bridgehead atoms.